The Balaban J connectivity index is 1.65. The number of aryl methyl sites for hydroxylation is 1. The fourth-order valence-corrected chi connectivity index (χ4v) is 4.23. The van der Waals surface area contributed by atoms with Gasteiger partial charge in [0.2, 0.25) is 0 Å². The summed E-state index contributed by atoms with van der Waals surface area (Å²) in [6, 6.07) is 13.8. The van der Waals surface area contributed by atoms with E-state index in [9.17, 15) is 13.2 Å². The average molecular weight is 413 g/mol. The lowest BCUT2D eigenvalue weighted by atomic mass is 9.79. The van der Waals surface area contributed by atoms with Gasteiger partial charge in [0, 0.05) is 26.3 Å². The molecule has 1 aromatic heterocycles. The summed E-state index contributed by atoms with van der Waals surface area (Å²) in [5.41, 5.74) is 4.86. The molecule has 6 heteroatoms. The Bertz CT molecular complexity index is 1030. The van der Waals surface area contributed by atoms with E-state index in [1.807, 2.05) is 30.1 Å². The van der Waals surface area contributed by atoms with Crippen LogP contribution in [-0.2, 0) is 31.7 Å². The Morgan fingerprint density at radius 2 is 1.70 bits per heavy atom. The van der Waals surface area contributed by atoms with Crippen LogP contribution in [0.3, 0.4) is 0 Å². The van der Waals surface area contributed by atoms with Gasteiger partial charge in [0.15, 0.2) is 0 Å². The second kappa shape index (κ2) is 7.58. The summed E-state index contributed by atoms with van der Waals surface area (Å²) in [5.74, 6) is 0. The van der Waals surface area contributed by atoms with Crippen molar-refractivity contribution < 1.29 is 13.2 Å². The first-order valence-electron chi connectivity index (χ1n) is 10.1. The highest BCUT2D eigenvalue weighted by Crippen LogP contribution is 2.37. The van der Waals surface area contributed by atoms with Gasteiger partial charge in [-0.3, -0.25) is 9.58 Å². The molecule has 30 heavy (non-hydrogen) atoms. The van der Waals surface area contributed by atoms with Crippen LogP contribution in [0.5, 0.6) is 0 Å². The zero-order valence-corrected chi connectivity index (χ0v) is 17.5. The summed E-state index contributed by atoms with van der Waals surface area (Å²) < 4.78 is 40.6. The predicted octanol–water partition coefficient (Wildman–Crippen LogP) is 5.79. The lowest BCUT2D eigenvalue weighted by molar-refractivity contribution is -0.137. The Morgan fingerprint density at radius 3 is 2.33 bits per heavy atom. The summed E-state index contributed by atoms with van der Waals surface area (Å²) in [7, 11) is 1.95. The molecule has 2 heterocycles. The summed E-state index contributed by atoms with van der Waals surface area (Å²) in [5, 5.41) is 4.27. The smallest absolute Gasteiger partial charge is 0.293 e. The molecule has 2 aromatic carbocycles. The second-order valence-electron chi connectivity index (χ2n) is 8.74. The van der Waals surface area contributed by atoms with E-state index in [-0.39, 0.29) is 5.41 Å². The molecule has 0 amide bonds. The topological polar surface area (TPSA) is 21.1 Å². The summed E-state index contributed by atoms with van der Waals surface area (Å²) in [4.78, 5) is 2.42. The molecule has 3 nitrogen and oxygen atoms in total. The highest BCUT2D eigenvalue weighted by Gasteiger charge is 2.31. The third kappa shape index (κ3) is 4.15. The van der Waals surface area contributed by atoms with Gasteiger partial charge in [-0.05, 0) is 64.9 Å². The number of aromatic nitrogens is 2. The molecule has 0 unspecified atom stereocenters. The molecule has 4 rings (SSSR count). The van der Waals surface area contributed by atoms with Crippen molar-refractivity contribution in [2.75, 3.05) is 6.54 Å². The first-order valence-corrected chi connectivity index (χ1v) is 10.1. The van der Waals surface area contributed by atoms with Crippen LogP contribution in [-0.4, -0.2) is 21.2 Å². The lowest BCUT2D eigenvalue weighted by Gasteiger charge is -2.25. The van der Waals surface area contributed by atoms with Crippen LogP contribution in [0.4, 0.5) is 13.2 Å². The van der Waals surface area contributed by atoms with Crippen molar-refractivity contribution in [1.82, 2.24) is 14.7 Å². The van der Waals surface area contributed by atoms with Crippen molar-refractivity contribution in [3.63, 3.8) is 0 Å². The van der Waals surface area contributed by atoms with Crippen molar-refractivity contribution >= 4 is 0 Å². The fraction of sp³-hybridized carbons (Fsp3) is 0.375. The molecule has 1 aliphatic rings. The summed E-state index contributed by atoms with van der Waals surface area (Å²) in [6.45, 7) is 7.12. The van der Waals surface area contributed by atoms with E-state index in [1.54, 1.807) is 12.1 Å². The second-order valence-corrected chi connectivity index (χ2v) is 8.74. The number of halogens is 3. The monoisotopic (exact) mass is 413 g/mol. The summed E-state index contributed by atoms with van der Waals surface area (Å²) in [6.07, 6.45) is -1.46. The molecule has 0 N–H and O–H groups in total. The molecule has 0 atom stereocenters. The minimum atomic E-state index is -4.32. The molecule has 0 spiro atoms. The van der Waals surface area contributed by atoms with Crippen LogP contribution in [0.15, 0.2) is 54.7 Å². The van der Waals surface area contributed by atoms with Crippen molar-refractivity contribution in [2.45, 2.75) is 44.9 Å². The number of benzene rings is 2. The van der Waals surface area contributed by atoms with E-state index in [2.05, 4.69) is 36.0 Å². The number of alkyl halides is 3. The number of fused-ring (bicyclic) bond motifs is 1. The highest BCUT2D eigenvalue weighted by molar-refractivity contribution is 5.66. The third-order valence-corrected chi connectivity index (χ3v) is 6.13. The minimum absolute atomic E-state index is 0.0369. The van der Waals surface area contributed by atoms with E-state index in [0.29, 0.717) is 0 Å². The van der Waals surface area contributed by atoms with E-state index < -0.39 is 11.7 Å². The molecule has 0 radical (unpaired) electrons. The van der Waals surface area contributed by atoms with Gasteiger partial charge in [-0.2, -0.15) is 18.3 Å². The molecule has 1 aliphatic heterocycles. The standard InChI is InChI=1S/C24H26F3N3/c1-23(2)11-13-30(16-21-10-12-28-29(21)3)15-19-14-18(6-9-22(19)23)17-4-7-20(8-5-17)24(25,26)27/h4-10,12,14H,11,13,15-16H2,1-3H3. The molecule has 0 aliphatic carbocycles. The molecule has 0 saturated heterocycles. The van der Waals surface area contributed by atoms with E-state index in [4.69, 9.17) is 0 Å². The first kappa shape index (κ1) is 20.7. The SMILES string of the molecule is Cn1nccc1CN1CCC(C)(C)c2ccc(-c3ccc(C(F)(F)F)cc3)cc2C1. The van der Waals surface area contributed by atoms with Crippen LogP contribution in [0, 0.1) is 0 Å². The van der Waals surface area contributed by atoms with Gasteiger partial charge in [0.1, 0.15) is 0 Å². The molecular weight excluding hydrogens is 387 g/mol. The van der Waals surface area contributed by atoms with Crippen LogP contribution < -0.4 is 0 Å². The van der Waals surface area contributed by atoms with Gasteiger partial charge in [-0.15, -0.1) is 0 Å². The van der Waals surface area contributed by atoms with Gasteiger partial charge in [-0.25, -0.2) is 0 Å². The molecule has 0 saturated carbocycles. The average Bonchev–Trinajstić information content (AvgIpc) is 3.04. The van der Waals surface area contributed by atoms with Crippen LogP contribution in [0.25, 0.3) is 11.1 Å². The first-order chi connectivity index (χ1) is 14.1. The summed E-state index contributed by atoms with van der Waals surface area (Å²) >= 11 is 0. The van der Waals surface area contributed by atoms with E-state index in [0.717, 1.165) is 55.0 Å². The van der Waals surface area contributed by atoms with Gasteiger partial charge in [-0.1, -0.05) is 38.1 Å². The zero-order valence-electron chi connectivity index (χ0n) is 17.5. The Labute approximate surface area is 175 Å². The van der Waals surface area contributed by atoms with Crippen molar-refractivity contribution in [1.29, 1.82) is 0 Å². The molecule has 0 fully saturated rings. The van der Waals surface area contributed by atoms with E-state index in [1.165, 1.54) is 11.1 Å². The maximum absolute atomic E-state index is 12.9. The third-order valence-electron chi connectivity index (χ3n) is 6.13. The quantitative estimate of drug-likeness (QED) is 0.542. The Morgan fingerprint density at radius 1 is 1.00 bits per heavy atom. The largest absolute Gasteiger partial charge is 0.416 e. The Hall–Kier alpha value is -2.60. The maximum atomic E-state index is 12.9. The van der Waals surface area contributed by atoms with Crippen molar-refractivity contribution in [3.8, 4) is 11.1 Å². The van der Waals surface area contributed by atoms with Crippen LogP contribution in [0.2, 0.25) is 0 Å². The highest BCUT2D eigenvalue weighted by atomic mass is 19.4. The fourth-order valence-electron chi connectivity index (χ4n) is 4.23. The normalized spacial score (nSPS) is 16.9. The lowest BCUT2D eigenvalue weighted by Crippen LogP contribution is -2.25. The van der Waals surface area contributed by atoms with Gasteiger partial charge in [0.25, 0.3) is 0 Å². The number of nitrogens with zero attached hydrogens (tertiary/aromatic N) is 3. The predicted molar refractivity (Wildman–Crippen MR) is 112 cm³/mol. The maximum Gasteiger partial charge on any atom is 0.416 e. The number of hydrogen-bond donors (Lipinski definition) is 0. The molecular formula is C24H26F3N3. The van der Waals surface area contributed by atoms with Gasteiger partial charge < -0.3 is 0 Å². The van der Waals surface area contributed by atoms with E-state index >= 15 is 0 Å². The van der Waals surface area contributed by atoms with Gasteiger partial charge >= 0.3 is 6.18 Å². The molecule has 0 bridgehead atoms. The molecule has 158 valence electrons. The number of hydrogen-bond acceptors (Lipinski definition) is 2. The van der Waals surface area contributed by atoms with Crippen LogP contribution in [0.1, 0.15) is 42.7 Å². The van der Waals surface area contributed by atoms with Gasteiger partial charge in [0.05, 0.1) is 11.3 Å². The van der Waals surface area contributed by atoms with Crippen molar-refractivity contribution in [3.05, 3.63) is 77.1 Å². The minimum Gasteiger partial charge on any atom is -0.293 e. The zero-order chi connectivity index (χ0) is 21.5. The van der Waals surface area contributed by atoms with Crippen LogP contribution >= 0.6 is 0 Å². The molecule has 3 aromatic rings. The van der Waals surface area contributed by atoms with Crippen molar-refractivity contribution in [2.24, 2.45) is 7.05 Å². The number of rotatable bonds is 3. The Kier molecular flexibility index (Phi) is 5.22.